The highest BCUT2D eigenvalue weighted by molar-refractivity contribution is 5.91. The third kappa shape index (κ3) is 11.1. The number of Topliss-reactive ketones (excluding diaryl/α,β-unsaturated/α-hetero) is 1. The van der Waals surface area contributed by atoms with Crippen LogP contribution in [0.5, 0.6) is 0 Å². The summed E-state index contributed by atoms with van der Waals surface area (Å²) in [5.41, 5.74) is 1.10. The summed E-state index contributed by atoms with van der Waals surface area (Å²) in [6.45, 7) is 20.1. The molecule has 2 saturated carbocycles. The molecular formula is C48H78O16. The monoisotopic (exact) mass is 911 g/mol. The molecule has 16 nitrogen and oxygen atoms in total. The Hall–Kier alpha value is -1.97. The van der Waals surface area contributed by atoms with E-state index in [0.717, 1.165) is 24.0 Å². The van der Waals surface area contributed by atoms with Crippen molar-refractivity contribution in [1.82, 2.24) is 0 Å². The molecule has 3 heterocycles. The Morgan fingerprint density at radius 2 is 1.12 bits per heavy atom. The number of carbonyl (C=O) groups excluding carboxylic acids is 1. The SMILES string of the molecule is CC(C)=CC[C@H](O[C@@H]1O[C@@H](C)[C@H](O)[C@@H](O)[C@H]1O)/C(C)=C/[C@H]1C(=O)[C@@]2(C)CCC[C@H]2[C@@H](C)[C@]1(O)C/C=C(\C)[C@H](CC=C(C)C)O[C@@H]1O[C@H](C)[C@H](O[C@@H]2O[C@@H](C)[C@H](O)[C@@H](O)[C@H]2O)[C@H](O)[C@H]1O. The molecule has 0 spiro atoms. The van der Waals surface area contributed by atoms with Crippen LogP contribution in [0.15, 0.2) is 46.6 Å². The van der Waals surface area contributed by atoms with Crippen LogP contribution in [0, 0.1) is 23.2 Å². The molecule has 3 saturated heterocycles. The molecule has 22 atom stereocenters. The Bertz CT molecular complexity index is 1710. The summed E-state index contributed by atoms with van der Waals surface area (Å²) in [6, 6.07) is 0. The topological polar surface area (TPSA) is 255 Å². The van der Waals surface area contributed by atoms with Crippen LogP contribution < -0.4 is 0 Å². The molecule has 0 aromatic carbocycles. The first-order chi connectivity index (χ1) is 29.8. The molecule has 0 amide bonds. The molecule has 0 radical (unpaired) electrons. The van der Waals surface area contributed by atoms with Gasteiger partial charge >= 0.3 is 0 Å². The zero-order chi connectivity index (χ0) is 47.7. The lowest BCUT2D eigenvalue weighted by Crippen LogP contribution is -2.63. The van der Waals surface area contributed by atoms with Gasteiger partial charge in [-0.2, -0.15) is 0 Å². The van der Waals surface area contributed by atoms with Crippen molar-refractivity contribution in [1.29, 1.82) is 0 Å². The lowest BCUT2D eigenvalue weighted by atomic mass is 9.53. The minimum atomic E-state index is -1.63. The van der Waals surface area contributed by atoms with Gasteiger partial charge in [0.25, 0.3) is 0 Å². The maximum Gasteiger partial charge on any atom is 0.187 e. The molecule has 64 heavy (non-hydrogen) atoms. The third-order valence-electron chi connectivity index (χ3n) is 14.8. The van der Waals surface area contributed by atoms with E-state index in [4.69, 9.17) is 28.4 Å². The van der Waals surface area contributed by atoms with Gasteiger partial charge in [-0.15, -0.1) is 0 Å². The lowest BCUT2D eigenvalue weighted by Gasteiger charge is -2.52. The number of carbonyl (C=O) groups is 1. The van der Waals surface area contributed by atoms with Crippen LogP contribution in [0.1, 0.15) is 115 Å². The average Bonchev–Trinajstić information content (AvgIpc) is 3.65. The fourth-order valence-electron chi connectivity index (χ4n) is 10.3. The second-order valence-corrected chi connectivity index (χ2v) is 20.0. The van der Waals surface area contributed by atoms with Crippen molar-refractivity contribution in [3.8, 4) is 0 Å². The summed E-state index contributed by atoms with van der Waals surface area (Å²) >= 11 is 0. The van der Waals surface area contributed by atoms with Crippen LogP contribution in [0.3, 0.4) is 0 Å². The Kier molecular flexibility index (Phi) is 17.8. The van der Waals surface area contributed by atoms with E-state index < -0.39 is 121 Å². The van der Waals surface area contributed by atoms with Gasteiger partial charge < -0.3 is 74.4 Å². The van der Waals surface area contributed by atoms with Crippen LogP contribution >= 0.6 is 0 Å². The molecule has 0 aromatic rings. The Balaban J connectivity index is 1.42. The van der Waals surface area contributed by atoms with Crippen molar-refractivity contribution in [3.05, 3.63) is 46.6 Å². The zero-order valence-corrected chi connectivity index (χ0v) is 39.5. The smallest absolute Gasteiger partial charge is 0.187 e. The molecule has 16 heteroatoms. The number of hydrogen-bond acceptors (Lipinski definition) is 16. The fraction of sp³-hybridized carbons (Fsp3) is 0.812. The highest BCUT2D eigenvalue weighted by Gasteiger charge is 2.62. The van der Waals surface area contributed by atoms with Gasteiger partial charge in [0, 0.05) is 5.41 Å². The maximum atomic E-state index is 14.9. The predicted molar refractivity (Wildman–Crippen MR) is 234 cm³/mol. The summed E-state index contributed by atoms with van der Waals surface area (Å²) in [5.74, 6) is -1.41. The minimum Gasteiger partial charge on any atom is -0.388 e. The van der Waals surface area contributed by atoms with Gasteiger partial charge in [0.2, 0.25) is 0 Å². The van der Waals surface area contributed by atoms with Gasteiger partial charge in [-0.05, 0) is 117 Å². The number of rotatable bonds is 15. The van der Waals surface area contributed by atoms with E-state index in [1.54, 1.807) is 19.9 Å². The normalized spacial score (nSPS) is 45.4. The molecule has 3 aliphatic heterocycles. The number of aliphatic hydroxyl groups excluding tert-OH is 8. The quantitative estimate of drug-likeness (QED) is 0.107. The van der Waals surface area contributed by atoms with E-state index in [1.807, 2.05) is 73.6 Å². The summed E-state index contributed by atoms with van der Waals surface area (Å²) in [6.07, 6.45) is -10.6. The van der Waals surface area contributed by atoms with Crippen LogP contribution in [-0.4, -0.2) is 162 Å². The van der Waals surface area contributed by atoms with Gasteiger partial charge in [0.05, 0.1) is 42.0 Å². The first-order valence-electron chi connectivity index (χ1n) is 23.1. The third-order valence-corrected chi connectivity index (χ3v) is 14.8. The van der Waals surface area contributed by atoms with Gasteiger partial charge in [0.1, 0.15) is 60.7 Å². The van der Waals surface area contributed by atoms with Crippen molar-refractivity contribution in [2.75, 3.05) is 0 Å². The first kappa shape index (κ1) is 53.0. The largest absolute Gasteiger partial charge is 0.388 e. The van der Waals surface area contributed by atoms with Gasteiger partial charge in [-0.25, -0.2) is 0 Å². The second-order valence-electron chi connectivity index (χ2n) is 20.0. The molecule has 5 aliphatic rings. The molecule has 0 bridgehead atoms. The van der Waals surface area contributed by atoms with E-state index in [-0.39, 0.29) is 24.0 Å². The lowest BCUT2D eigenvalue weighted by molar-refractivity contribution is -0.354. The molecule has 9 N–H and O–H groups in total. The number of ketones is 1. The van der Waals surface area contributed by atoms with Crippen molar-refractivity contribution in [3.63, 3.8) is 0 Å². The second kappa shape index (κ2) is 21.5. The van der Waals surface area contributed by atoms with Crippen LogP contribution in [0.4, 0.5) is 0 Å². The summed E-state index contributed by atoms with van der Waals surface area (Å²) < 4.78 is 36.1. The number of allylic oxidation sites excluding steroid dienone is 2. The molecule has 5 fully saturated rings. The van der Waals surface area contributed by atoms with Crippen LogP contribution in [0.25, 0.3) is 0 Å². The number of fused-ring (bicyclic) bond motifs is 1. The number of hydrogen-bond donors (Lipinski definition) is 9. The predicted octanol–water partition coefficient (Wildman–Crippen LogP) is 2.63. The molecular weight excluding hydrogens is 833 g/mol. The highest BCUT2D eigenvalue weighted by Crippen LogP contribution is 2.58. The van der Waals surface area contributed by atoms with Crippen LogP contribution in [0.2, 0.25) is 0 Å². The van der Waals surface area contributed by atoms with E-state index in [2.05, 4.69) is 0 Å². The van der Waals surface area contributed by atoms with E-state index in [0.29, 0.717) is 30.4 Å². The summed E-state index contributed by atoms with van der Waals surface area (Å²) in [4.78, 5) is 14.9. The minimum absolute atomic E-state index is 0.0646. The van der Waals surface area contributed by atoms with Crippen molar-refractivity contribution in [2.45, 2.75) is 225 Å². The first-order valence-corrected chi connectivity index (χ1v) is 23.1. The van der Waals surface area contributed by atoms with E-state index in [1.165, 1.54) is 6.92 Å². The molecule has 2 aliphatic carbocycles. The standard InChI is InChI=1S/C48H78O16/c1-22(2)14-16-32(62-45-41(56)38(53)42(29(10)61-45)64-46-40(55)37(52)35(50)28(9)60-46)24(5)18-20-48(58)26(7)30-13-12-19-47(30,11)43(57)31(48)21-25(6)33(17-15-23(3)4)63-44-39(54)36(51)34(49)27(8)59-44/h14-15,18,21,26-42,44-46,49-56,58H,12-13,16-17,19-20H2,1-11H3/b24-18+,25-21+/t26-,27+,28+,29-,30+,31+,32+,33+,34+,35+,36-,37-,38-,39-,40-,41-,42+,44+,45+,46+,47+,48-/m1/s1. The molecule has 0 aromatic heterocycles. The van der Waals surface area contributed by atoms with Crippen LogP contribution in [-0.2, 0) is 33.2 Å². The summed E-state index contributed by atoms with van der Waals surface area (Å²) in [7, 11) is 0. The maximum absolute atomic E-state index is 14.9. The molecule has 0 unspecified atom stereocenters. The Labute approximate surface area is 378 Å². The van der Waals surface area contributed by atoms with Gasteiger partial charge in [-0.1, -0.05) is 55.7 Å². The van der Waals surface area contributed by atoms with Gasteiger partial charge in [-0.3, -0.25) is 4.79 Å². The zero-order valence-electron chi connectivity index (χ0n) is 39.5. The molecule has 366 valence electrons. The van der Waals surface area contributed by atoms with Gasteiger partial charge in [0.15, 0.2) is 18.9 Å². The number of aliphatic hydroxyl groups is 9. The number of ether oxygens (including phenoxy) is 6. The summed E-state index contributed by atoms with van der Waals surface area (Å²) in [5, 5.41) is 98.4. The average molecular weight is 911 g/mol. The highest BCUT2D eigenvalue weighted by atomic mass is 16.7. The Morgan fingerprint density at radius 1 is 0.656 bits per heavy atom. The van der Waals surface area contributed by atoms with E-state index >= 15 is 0 Å². The van der Waals surface area contributed by atoms with E-state index in [9.17, 15) is 50.8 Å². The van der Waals surface area contributed by atoms with Crippen molar-refractivity contribution < 1.29 is 79.2 Å². The van der Waals surface area contributed by atoms with Crippen molar-refractivity contribution in [2.24, 2.45) is 23.2 Å². The Morgan fingerprint density at radius 3 is 1.66 bits per heavy atom. The van der Waals surface area contributed by atoms with Crippen molar-refractivity contribution >= 4 is 5.78 Å². The molecule has 5 rings (SSSR count). The fourth-order valence-corrected chi connectivity index (χ4v) is 10.3.